The van der Waals surface area contributed by atoms with E-state index in [1.165, 1.54) is 0 Å². The van der Waals surface area contributed by atoms with Gasteiger partial charge in [-0.25, -0.2) is 4.79 Å². The molecule has 0 saturated carbocycles. The Bertz CT molecular complexity index is 769. The van der Waals surface area contributed by atoms with Crippen LogP contribution in [0, 0.1) is 11.3 Å². The van der Waals surface area contributed by atoms with Gasteiger partial charge in [0.1, 0.15) is 12.1 Å². The highest BCUT2D eigenvalue weighted by Crippen LogP contribution is 2.39. The van der Waals surface area contributed by atoms with Crippen molar-refractivity contribution in [2.45, 2.75) is 24.7 Å². The molecule has 1 aliphatic heterocycles. The van der Waals surface area contributed by atoms with Gasteiger partial charge in [-0.1, -0.05) is 0 Å². The molecule has 10 heteroatoms. The Morgan fingerprint density at radius 3 is 2.42 bits per heavy atom. The van der Waals surface area contributed by atoms with Gasteiger partial charge in [0.25, 0.3) is 5.91 Å². The second-order valence-corrected chi connectivity index (χ2v) is 5.00. The second kappa shape index (κ2) is 5.84. The number of nitrogens with zero attached hydrogens (tertiary/aromatic N) is 2. The Balaban J connectivity index is 2.54. The fraction of sp³-hybridized carbons (Fsp3) is 0.286. The predicted molar refractivity (Wildman–Crippen MR) is 69.6 cm³/mol. The Hall–Kier alpha value is -3.09. The van der Waals surface area contributed by atoms with Gasteiger partial charge in [-0.3, -0.25) is 9.59 Å². The monoisotopic (exact) mass is 342 g/mol. The van der Waals surface area contributed by atoms with Gasteiger partial charge in [0.15, 0.2) is 0 Å². The van der Waals surface area contributed by atoms with E-state index in [1.807, 2.05) is 0 Å². The molecule has 1 heterocycles. The number of hydrogen-bond donors (Lipinski definition) is 2. The molecule has 24 heavy (non-hydrogen) atoms. The van der Waals surface area contributed by atoms with Gasteiger partial charge in [-0.05, 0) is 18.2 Å². The first-order valence-electron chi connectivity index (χ1n) is 6.46. The molecule has 0 saturated heterocycles. The maximum atomic E-state index is 12.8. The SMILES string of the molecule is N#CC1c2cc(C(F)(F)F)ccc2C(=O)N1C(CC(=O)O)C(=O)O. The van der Waals surface area contributed by atoms with E-state index in [4.69, 9.17) is 10.2 Å². The highest BCUT2D eigenvalue weighted by atomic mass is 19.4. The largest absolute Gasteiger partial charge is 0.481 e. The van der Waals surface area contributed by atoms with Gasteiger partial charge < -0.3 is 15.1 Å². The molecule has 0 radical (unpaired) electrons. The number of carbonyl (C=O) groups is 3. The van der Waals surface area contributed by atoms with Crippen molar-refractivity contribution in [2.24, 2.45) is 0 Å². The average Bonchev–Trinajstić information content (AvgIpc) is 2.75. The minimum atomic E-state index is -4.71. The molecule has 126 valence electrons. The molecule has 2 N–H and O–H groups in total. The molecule has 7 nitrogen and oxygen atoms in total. The highest BCUT2D eigenvalue weighted by Gasteiger charge is 2.45. The third-order valence-corrected chi connectivity index (χ3v) is 3.53. The lowest BCUT2D eigenvalue weighted by molar-refractivity contribution is -0.149. The molecule has 0 aromatic heterocycles. The Morgan fingerprint density at radius 1 is 1.33 bits per heavy atom. The van der Waals surface area contributed by atoms with Crippen LogP contribution in [-0.4, -0.2) is 39.0 Å². The molecule has 1 aliphatic rings. The summed E-state index contributed by atoms with van der Waals surface area (Å²) in [4.78, 5) is 34.8. The number of carboxylic acid groups (broad SMARTS) is 2. The fourth-order valence-electron chi connectivity index (χ4n) is 2.49. The summed E-state index contributed by atoms with van der Waals surface area (Å²) in [6.07, 6.45) is -5.70. The normalized spacial score (nSPS) is 18.0. The zero-order valence-corrected chi connectivity index (χ0v) is 11.7. The van der Waals surface area contributed by atoms with E-state index >= 15 is 0 Å². The standard InChI is InChI=1S/C14H9F3N2O5/c15-14(16,17)6-1-2-7-8(3-6)10(5-18)19(12(7)22)9(13(23)24)4-11(20)21/h1-3,9-10H,4H2,(H,20,21)(H,23,24). The van der Waals surface area contributed by atoms with Crippen LogP contribution < -0.4 is 0 Å². The minimum absolute atomic E-state index is 0.258. The van der Waals surface area contributed by atoms with Crippen LogP contribution in [0.3, 0.4) is 0 Å². The molecule has 1 aromatic rings. The summed E-state index contributed by atoms with van der Waals surface area (Å²) in [5.74, 6) is -4.20. The Kier molecular flexibility index (Phi) is 4.20. The maximum absolute atomic E-state index is 12.8. The molecule has 0 bridgehead atoms. The second-order valence-electron chi connectivity index (χ2n) is 5.00. The topological polar surface area (TPSA) is 119 Å². The van der Waals surface area contributed by atoms with E-state index in [0.717, 1.165) is 6.07 Å². The third-order valence-electron chi connectivity index (χ3n) is 3.53. The van der Waals surface area contributed by atoms with Crippen molar-refractivity contribution in [1.29, 1.82) is 5.26 Å². The number of hydrogen-bond acceptors (Lipinski definition) is 4. The number of nitriles is 1. The quantitative estimate of drug-likeness (QED) is 0.859. The number of alkyl halides is 3. The van der Waals surface area contributed by atoms with Crippen LogP contribution in [0.15, 0.2) is 18.2 Å². The van der Waals surface area contributed by atoms with E-state index < -0.39 is 48.1 Å². The van der Waals surface area contributed by atoms with E-state index in [1.54, 1.807) is 6.07 Å². The van der Waals surface area contributed by atoms with Gasteiger partial charge in [0, 0.05) is 11.1 Å². The van der Waals surface area contributed by atoms with Crippen molar-refractivity contribution in [1.82, 2.24) is 4.90 Å². The van der Waals surface area contributed by atoms with Crippen molar-refractivity contribution >= 4 is 17.8 Å². The first kappa shape index (κ1) is 17.3. The van der Waals surface area contributed by atoms with Crippen LogP contribution in [0.5, 0.6) is 0 Å². The molecule has 2 atom stereocenters. The van der Waals surface area contributed by atoms with Crippen LogP contribution in [0.2, 0.25) is 0 Å². The molecule has 1 amide bonds. The molecule has 0 aliphatic carbocycles. The number of aliphatic carboxylic acids is 2. The highest BCUT2D eigenvalue weighted by molar-refractivity contribution is 6.02. The summed E-state index contributed by atoms with van der Waals surface area (Å²) in [5, 5.41) is 27.1. The molecule has 1 aromatic carbocycles. The zero-order valence-electron chi connectivity index (χ0n) is 11.7. The predicted octanol–water partition coefficient (Wildman–Crippen LogP) is 1.65. The van der Waals surface area contributed by atoms with Crippen LogP contribution >= 0.6 is 0 Å². The van der Waals surface area contributed by atoms with Crippen LogP contribution in [0.1, 0.15) is 33.9 Å². The minimum Gasteiger partial charge on any atom is -0.481 e. The van der Waals surface area contributed by atoms with Crippen molar-refractivity contribution in [3.8, 4) is 6.07 Å². The number of rotatable bonds is 4. The fourth-order valence-corrected chi connectivity index (χ4v) is 2.49. The summed E-state index contributed by atoms with van der Waals surface area (Å²) in [7, 11) is 0. The van der Waals surface area contributed by atoms with Gasteiger partial charge in [-0.2, -0.15) is 18.4 Å². The van der Waals surface area contributed by atoms with Crippen LogP contribution in [-0.2, 0) is 15.8 Å². The first-order valence-corrected chi connectivity index (χ1v) is 6.46. The van der Waals surface area contributed by atoms with Crippen molar-refractivity contribution in [2.75, 3.05) is 0 Å². The number of fused-ring (bicyclic) bond motifs is 1. The lowest BCUT2D eigenvalue weighted by Gasteiger charge is -2.26. The van der Waals surface area contributed by atoms with E-state index in [0.29, 0.717) is 17.0 Å². The lowest BCUT2D eigenvalue weighted by Crippen LogP contribution is -2.44. The van der Waals surface area contributed by atoms with Gasteiger partial charge in [-0.15, -0.1) is 0 Å². The number of carboxylic acids is 2. The smallest absolute Gasteiger partial charge is 0.416 e. The molecular formula is C14H9F3N2O5. The molecule has 0 spiro atoms. The molecular weight excluding hydrogens is 333 g/mol. The van der Waals surface area contributed by atoms with Gasteiger partial charge >= 0.3 is 18.1 Å². The van der Waals surface area contributed by atoms with Crippen molar-refractivity contribution < 1.29 is 37.8 Å². The Labute approximate surface area is 132 Å². The molecule has 0 fully saturated rings. The van der Waals surface area contributed by atoms with Crippen molar-refractivity contribution in [3.05, 3.63) is 34.9 Å². The van der Waals surface area contributed by atoms with Crippen LogP contribution in [0.25, 0.3) is 0 Å². The number of benzene rings is 1. The van der Waals surface area contributed by atoms with E-state index in [-0.39, 0.29) is 11.1 Å². The summed E-state index contributed by atoms with van der Waals surface area (Å²) in [6, 6.07) is 0.170. The Morgan fingerprint density at radius 2 is 1.96 bits per heavy atom. The summed E-state index contributed by atoms with van der Waals surface area (Å²) >= 11 is 0. The maximum Gasteiger partial charge on any atom is 0.416 e. The lowest BCUT2D eigenvalue weighted by atomic mass is 10.0. The third kappa shape index (κ3) is 2.88. The number of amides is 1. The summed E-state index contributed by atoms with van der Waals surface area (Å²) in [5.41, 5.74) is -1.65. The average molecular weight is 342 g/mol. The molecule has 2 rings (SSSR count). The van der Waals surface area contributed by atoms with Gasteiger partial charge in [0.2, 0.25) is 0 Å². The van der Waals surface area contributed by atoms with Crippen molar-refractivity contribution in [3.63, 3.8) is 0 Å². The van der Waals surface area contributed by atoms with E-state index in [9.17, 15) is 32.8 Å². The van der Waals surface area contributed by atoms with Crippen LogP contribution in [0.4, 0.5) is 13.2 Å². The van der Waals surface area contributed by atoms with E-state index in [2.05, 4.69) is 0 Å². The number of carbonyl (C=O) groups excluding carboxylic acids is 1. The molecule has 2 unspecified atom stereocenters. The number of halogens is 3. The zero-order chi connectivity index (χ0) is 18.2. The summed E-state index contributed by atoms with van der Waals surface area (Å²) in [6.45, 7) is 0. The van der Waals surface area contributed by atoms with Gasteiger partial charge in [0.05, 0.1) is 18.1 Å². The first-order chi connectivity index (χ1) is 11.1. The summed E-state index contributed by atoms with van der Waals surface area (Å²) < 4.78 is 38.4.